The molecule has 9 nitrogen and oxygen atoms in total. The molecular formula is C20H14I2N2O7S. The standard InChI is InChI=1S/C20H14I2N2O7S/c1-30-17(25)10-31-18-14(21)6-12(7-15(18)22)8-16-19(26)23(20(27)32-16)9-11-3-2-4-13(5-11)24(28)29/h2-8H,9-10H2,1H3/b16-8+. The number of nitrogens with zero attached hydrogens (tertiary/aromatic N) is 2. The first-order valence-corrected chi connectivity index (χ1v) is 11.8. The van der Waals surface area contributed by atoms with Crippen LogP contribution in [0.25, 0.3) is 6.08 Å². The Bertz CT molecular complexity index is 1130. The Hall–Kier alpha value is -2.20. The number of esters is 1. The maximum absolute atomic E-state index is 12.8. The third-order valence-corrected chi connectivity index (χ3v) is 6.73. The lowest BCUT2D eigenvalue weighted by Gasteiger charge is -2.12. The number of ether oxygens (including phenoxy) is 2. The molecule has 1 aliphatic heterocycles. The number of benzene rings is 2. The zero-order valence-electron chi connectivity index (χ0n) is 16.4. The normalized spacial score (nSPS) is 14.7. The topological polar surface area (TPSA) is 116 Å². The number of carbonyl (C=O) groups excluding carboxylic acids is 3. The van der Waals surface area contributed by atoms with Crippen LogP contribution in [0.4, 0.5) is 10.5 Å². The molecule has 32 heavy (non-hydrogen) atoms. The summed E-state index contributed by atoms with van der Waals surface area (Å²) in [6.45, 7) is -0.280. The number of nitro groups is 1. The number of hydrogen-bond acceptors (Lipinski definition) is 8. The van der Waals surface area contributed by atoms with E-state index in [0.29, 0.717) is 16.9 Å². The minimum absolute atomic E-state index is 0.0565. The minimum Gasteiger partial charge on any atom is -0.480 e. The quantitative estimate of drug-likeness (QED) is 0.137. The van der Waals surface area contributed by atoms with Crippen LogP contribution >= 0.6 is 56.9 Å². The van der Waals surface area contributed by atoms with Gasteiger partial charge in [0.15, 0.2) is 6.61 Å². The molecule has 2 amide bonds. The lowest BCUT2D eigenvalue weighted by molar-refractivity contribution is -0.384. The molecule has 1 aliphatic rings. The second kappa shape index (κ2) is 10.6. The number of halogens is 2. The van der Waals surface area contributed by atoms with Crippen molar-refractivity contribution in [3.8, 4) is 5.75 Å². The molecular weight excluding hydrogens is 666 g/mol. The van der Waals surface area contributed by atoms with E-state index >= 15 is 0 Å². The van der Waals surface area contributed by atoms with Gasteiger partial charge in [-0.25, -0.2) is 4.79 Å². The van der Waals surface area contributed by atoms with Crippen molar-refractivity contribution >= 4 is 85.8 Å². The Kier molecular flexibility index (Phi) is 8.10. The molecule has 0 saturated carbocycles. The molecule has 0 N–H and O–H groups in total. The second-order valence-corrected chi connectivity index (χ2v) is 9.69. The molecule has 3 rings (SSSR count). The molecule has 0 atom stereocenters. The Morgan fingerprint density at radius 3 is 2.53 bits per heavy atom. The first-order valence-electron chi connectivity index (χ1n) is 8.87. The van der Waals surface area contributed by atoms with Gasteiger partial charge < -0.3 is 9.47 Å². The summed E-state index contributed by atoms with van der Waals surface area (Å²) in [6.07, 6.45) is 1.60. The van der Waals surface area contributed by atoms with E-state index in [1.165, 1.54) is 25.3 Å². The number of non-ortho nitro benzene ring substituents is 1. The summed E-state index contributed by atoms with van der Waals surface area (Å²) in [5.74, 6) is -0.451. The molecule has 1 saturated heterocycles. The lowest BCUT2D eigenvalue weighted by Crippen LogP contribution is -2.27. The highest BCUT2D eigenvalue weighted by Crippen LogP contribution is 2.35. The largest absolute Gasteiger partial charge is 0.480 e. The van der Waals surface area contributed by atoms with E-state index in [-0.39, 0.29) is 23.7 Å². The number of hydrogen-bond donors (Lipinski definition) is 0. The Morgan fingerprint density at radius 1 is 1.22 bits per heavy atom. The minimum atomic E-state index is -0.529. The molecule has 0 unspecified atom stereocenters. The van der Waals surface area contributed by atoms with Crippen LogP contribution in [0.5, 0.6) is 5.75 Å². The summed E-state index contributed by atoms with van der Waals surface area (Å²) in [5.41, 5.74) is 1.06. The number of amides is 2. The number of rotatable bonds is 7. The van der Waals surface area contributed by atoms with Crippen molar-refractivity contribution in [3.05, 3.63) is 69.7 Å². The molecule has 1 fully saturated rings. The van der Waals surface area contributed by atoms with E-state index < -0.39 is 22.0 Å². The molecule has 1 heterocycles. The highest BCUT2D eigenvalue weighted by Gasteiger charge is 2.35. The average Bonchev–Trinajstić information content (AvgIpc) is 3.00. The second-order valence-electron chi connectivity index (χ2n) is 6.37. The first-order chi connectivity index (χ1) is 15.2. The van der Waals surface area contributed by atoms with Crippen LogP contribution in [0.1, 0.15) is 11.1 Å². The van der Waals surface area contributed by atoms with Gasteiger partial charge in [0.2, 0.25) is 0 Å². The number of carbonyl (C=O) groups is 3. The molecule has 2 aromatic carbocycles. The Labute approximate surface area is 213 Å². The highest BCUT2D eigenvalue weighted by atomic mass is 127. The summed E-state index contributed by atoms with van der Waals surface area (Å²) < 4.78 is 11.5. The number of thioether (sulfide) groups is 1. The summed E-state index contributed by atoms with van der Waals surface area (Å²) in [5, 5.41) is 10.5. The van der Waals surface area contributed by atoms with Crippen molar-refractivity contribution in [2.45, 2.75) is 6.54 Å². The van der Waals surface area contributed by atoms with Gasteiger partial charge in [-0.2, -0.15) is 0 Å². The molecule has 12 heteroatoms. The van der Waals surface area contributed by atoms with Gasteiger partial charge in [-0.1, -0.05) is 12.1 Å². The molecule has 0 aromatic heterocycles. The van der Waals surface area contributed by atoms with Crippen LogP contribution in [0.15, 0.2) is 41.3 Å². The third-order valence-electron chi connectivity index (χ3n) is 4.22. The zero-order valence-corrected chi connectivity index (χ0v) is 21.5. The summed E-state index contributed by atoms with van der Waals surface area (Å²) in [6, 6.07) is 9.35. The molecule has 2 aromatic rings. The predicted octanol–water partition coefficient (Wildman–Crippen LogP) is 4.59. The van der Waals surface area contributed by atoms with Crippen LogP contribution in [0.3, 0.4) is 0 Å². The van der Waals surface area contributed by atoms with Crippen LogP contribution < -0.4 is 4.74 Å². The fourth-order valence-electron chi connectivity index (χ4n) is 2.73. The first kappa shape index (κ1) is 24.4. The van der Waals surface area contributed by atoms with Gasteiger partial charge in [0.05, 0.1) is 30.6 Å². The van der Waals surface area contributed by atoms with Crippen molar-refractivity contribution in [1.29, 1.82) is 0 Å². The van der Waals surface area contributed by atoms with Crippen LogP contribution in [0.2, 0.25) is 0 Å². The van der Waals surface area contributed by atoms with E-state index in [1.54, 1.807) is 24.3 Å². The molecule has 0 aliphatic carbocycles. The molecule has 0 spiro atoms. The fourth-order valence-corrected chi connectivity index (χ4v) is 5.70. The smallest absolute Gasteiger partial charge is 0.343 e. The van der Waals surface area contributed by atoms with Crippen LogP contribution in [-0.2, 0) is 20.9 Å². The summed E-state index contributed by atoms with van der Waals surface area (Å²) >= 11 is 4.92. The zero-order chi connectivity index (χ0) is 23.4. The van der Waals surface area contributed by atoms with Crippen LogP contribution in [-0.4, -0.2) is 40.7 Å². The van der Waals surface area contributed by atoms with Gasteiger partial charge in [0.25, 0.3) is 16.8 Å². The number of imide groups is 1. The van der Waals surface area contributed by atoms with E-state index in [9.17, 15) is 24.5 Å². The van der Waals surface area contributed by atoms with E-state index in [1.807, 2.05) is 0 Å². The summed E-state index contributed by atoms with van der Waals surface area (Å²) in [4.78, 5) is 48.2. The van der Waals surface area contributed by atoms with Gasteiger partial charge in [-0.05, 0) is 86.3 Å². The summed E-state index contributed by atoms with van der Waals surface area (Å²) in [7, 11) is 1.27. The highest BCUT2D eigenvalue weighted by molar-refractivity contribution is 14.1. The lowest BCUT2D eigenvalue weighted by atomic mass is 10.2. The maximum Gasteiger partial charge on any atom is 0.343 e. The number of methoxy groups -OCH3 is 1. The van der Waals surface area contributed by atoms with Gasteiger partial charge in [-0.3, -0.25) is 24.6 Å². The third kappa shape index (κ3) is 5.78. The molecule has 0 bridgehead atoms. The van der Waals surface area contributed by atoms with E-state index in [4.69, 9.17) is 4.74 Å². The Morgan fingerprint density at radius 2 is 1.91 bits per heavy atom. The predicted molar refractivity (Wildman–Crippen MR) is 134 cm³/mol. The maximum atomic E-state index is 12.8. The SMILES string of the molecule is COC(=O)COc1c(I)cc(/C=C2/SC(=O)N(Cc3cccc([N+](=O)[O-])c3)C2=O)cc1I. The fraction of sp³-hybridized carbons (Fsp3) is 0.150. The van der Waals surface area contributed by atoms with Crippen LogP contribution in [0, 0.1) is 17.3 Å². The van der Waals surface area contributed by atoms with E-state index in [2.05, 4.69) is 49.9 Å². The number of nitro benzene ring substituents is 1. The van der Waals surface area contributed by atoms with Crippen molar-refractivity contribution in [1.82, 2.24) is 4.90 Å². The van der Waals surface area contributed by atoms with Gasteiger partial charge in [0.1, 0.15) is 5.75 Å². The van der Waals surface area contributed by atoms with E-state index in [0.717, 1.165) is 23.8 Å². The van der Waals surface area contributed by atoms with Crippen molar-refractivity contribution < 1.29 is 28.8 Å². The average molecular weight is 680 g/mol. The monoisotopic (exact) mass is 680 g/mol. The van der Waals surface area contributed by atoms with Gasteiger partial charge >= 0.3 is 5.97 Å². The van der Waals surface area contributed by atoms with Gasteiger partial charge in [-0.15, -0.1) is 0 Å². The Balaban J connectivity index is 1.79. The van der Waals surface area contributed by atoms with Crippen molar-refractivity contribution in [3.63, 3.8) is 0 Å². The van der Waals surface area contributed by atoms with Crippen molar-refractivity contribution in [2.24, 2.45) is 0 Å². The van der Waals surface area contributed by atoms with Gasteiger partial charge in [0, 0.05) is 12.1 Å². The molecule has 0 radical (unpaired) electrons. The molecule has 166 valence electrons. The van der Waals surface area contributed by atoms with Crippen molar-refractivity contribution in [2.75, 3.05) is 13.7 Å².